The molecule has 0 atom stereocenters. The normalized spacial score (nSPS) is 9.94. The van der Waals surface area contributed by atoms with Crippen LogP contribution < -0.4 is 4.90 Å². The van der Waals surface area contributed by atoms with E-state index in [-0.39, 0.29) is 0 Å². The second kappa shape index (κ2) is 4.98. The molecule has 0 saturated heterocycles. The molecule has 2 aromatic heterocycles. The van der Waals surface area contributed by atoms with Gasteiger partial charge in [0.25, 0.3) is 0 Å². The minimum Gasteiger partial charge on any atom is -0.368 e. The Bertz CT molecular complexity index is 537. The largest absolute Gasteiger partial charge is 0.368 e. The molecule has 0 fully saturated rings. The molecule has 0 aliphatic carbocycles. The highest BCUT2D eigenvalue weighted by Crippen LogP contribution is 2.20. The zero-order valence-corrected chi connectivity index (χ0v) is 10.7. The van der Waals surface area contributed by atoms with Gasteiger partial charge in [-0.05, 0) is 31.2 Å². The van der Waals surface area contributed by atoms with Gasteiger partial charge in [0.05, 0.1) is 18.4 Å². The van der Waals surface area contributed by atoms with Gasteiger partial charge in [0.1, 0.15) is 11.8 Å². The van der Waals surface area contributed by atoms with E-state index in [2.05, 4.69) is 28.9 Å². The first-order valence-electron chi connectivity index (χ1n) is 5.31. The topological polar surface area (TPSA) is 39.9 Å². The molecule has 86 valence electrons. The van der Waals surface area contributed by atoms with Crippen LogP contribution in [0.2, 0.25) is 0 Å². The molecule has 0 amide bonds. The number of aryl methyl sites for hydroxylation is 1. The Morgan fingerprint density at radius 2 is 2.18 bits per heavy atom. The summed E-state index contributed by atoms with van der Waals surface area (Å²) in [5.41, 5.74) is 1.48. The predicted octanol–water partition coefficient (Wildman–Crippen LogP) is 2.96. The molecule has 0 N–H and O–H groups in total. The molecule has 3 nitrogen and oxygen atoms in total. The molecule has 0 aliphatic heterocycles. The summed E-state index contributed by atoms with van der Waals surface area (Å²) >= 11 is 1.80. The highest BCUT2D eigenvalue weighted by atomic mass is 32.1. The number of hydrogen-bond donors (Lipinski definition) is 0. The summed E-state index contributed by atoms with van der Waals surface area (Å²) in [6, 6.07) is 9.96. The minimum absolute atomic E-state index is 0.453. The van der Waals surface area contributed by atoms with Crippen molar-refractivity contribution in [1.29, 1.82) is 5.26 Å². The highest BCUT2D eigenvalue weighted by molar-refractivity contribution is 7.11. The molecule has 0 saturated carbocycles. The van der Waals surface area contributed by atoms with Gasteiger partial charge in [-0.1, -0.05) is 0 Å². The lowest BCUT2D eigenvalue weighted by Crippen LogP contribution is -2.15. The fraction of sp³-hybridized carbons (Fsp3) is 0.231. The summed E-state index contributed by atoms with van der Waals surface area (Å²) in [7, 11) is 2.03. The van der Waals surface area contributed by atoms with Crippen LogP contribution in [0.5, 0.6) is 0 Å². The lowest BCUT2D eigenvalue weighted by molar-refractivity contribution is 0.933. The van der Waals surface area contributed by atoms with Crippen molar-refractivity contribution < 1.29 is 0 Å². The number of hydrogen-bond acceptors (Lipinski definition) is 4. The van der Waals surface area contributed by atoms with Crippen LogP contribution in [0, 0.1) is 18.3 Å². The summed E-state index contributed by atoms with van der Waals surface area (Å²) < 4.78 is 0. The molecule has 0 unspecified atom stereocenters. The monoisotopic (exact) mass is 243 g/mol. The van der Waals surface area contributed by atoms with Crippen molar-refractivity contribution in [2.75, 3.05) is 11.9 Å². The maximum atomic E-state index is 8.68. The first-order chi connectivity index (χ1) is 8.19. The van der Waals surface area contributed by atoms with E-state index in [9.17, 15) is 0 Å². The quantitative estimate of drug-likeness (QED) is 0.832. The van der Waals surface area contributed by atoms with Crippen LogP contribution in [0.3, 0.4) is 0 Å². The van der Waals surface area contributed by atoms with Crippen LogP contribution in [0.1, 0.15) is 15.4 Å². The Morgan fingerprint density at radius 3 is 2.71 bits per heavy atom. The van der Waals surface area contributed by atoms with E-state index in [1.807, 2.05) is 19.2 Å². The van der Waals surface area contributed by atoms with Gasteiger partial charge in [0.2, 0.25) is 0 Å². The summed E-state index contributed by atoms with van der Waals surface area (Å²) in [6.45, 7) is 2.98. The van der Waals surface area contributed by atoms with Crippen molar-refractivity contribution in [3.63, 3.8) is 0 Å². The fourth-order valence-corrected chi connectivity index (χ4v) is 2.52. The first-order valence-corrected chi connectivity index (χ1v) is 6.13. The van der Waals surface area contributed by atoms with E-state index in [4.69, 9.17) is 5.26 Å². The first kappa shape index (κ1) is 11.6. The third-order valence-electron chi connectivity index (χ3n) is 2.49. The zero-order chi connectivity index (χ0) is 12.3. The van der Waals surface area contributed by atoms with Gasteiger partial charge in [-0.15, -0.1) is 11.3 Å². The second-order valence-corrected chi connectivity index (χ2v) is 5.25. The summed E-state index contributed by atoms with van der Waals surface area (Å²) in [5, 5.41) is 8.68. The number of nitriles is 1. The van der Waals surface area contributed by atoms with Crippen LogP contribution in [0.25, 0.3) is 0 Å². The molecular formula is C13H13N3S. The zero-order valence-electron chi connectivity index (χ0n) is 9.84. The van der Waals surface area contributed by atoms with Crippen LogP contribution in [-0.2, 0) is 6.54 Å². The summed E-state index contributed by atoms with van der Waals surface area (Å²) in [5.74, 6) is 0. The fourth-order valence-electron chi connectivity index (χ4n) is 1.57. The molecule has 0 spiro atoms. The number of thiophene rings is 1. The SMILES string of the molecule is Cc1ccc(CN(C)c2ccc(C#N)nc2)s1. The van der Waals surface area contributed by atoms with Crippen molar-refractivity contribution in [2.24, 2.45) is 0 Å². The van der Waals surface area contributed by atoms with Crippen LogP contribution in [0.4, 0.5) is 5.69 Å². The van der Waals surface area contributed by atoms with Gasteiger partial charge in [0.15, 0.2) is 0 Å². The number of pyridine rings is 1. The Morgan fingerprint density at radius 1 is 1.35 bits per heavy atom. The van der Waals surface area contributed by atoms with Gasteiger partial charge in [-0.3, -0.25) is 0 Å². The van der Waals surface area contributed by atoms with Gasteiger partial charge in [-0.25, -0.2) is 4.98 Å². The van der Waals surface area contributed by atoms with Crippen molar-refractivity contribution in [3.8, 4) is 6.07 Å². The number of nitrogens with zero attached hydrogens (tertiary/aromatic N) is 3. The van der Waals surface area contributed by atoms with Gasteiger partial charge < -0.3 is 4.90 Å². The van der Waals surface area contributed by atoms with E-state index < -0.39 is 0 Å². The summed E-state index contributed by atoms with van der Waals surface area (Å²) in [4.78, 5) is 8.84. The molecule has 4 heteroatoms. The Hall–Kier alpha value is -1.86. The molecule has 0 aromatic carbocycles. The van der Waals surface area contributed by atoms with Crippen LogP contribution in [-0.4, -0.2) is 12.0 Å². The van der Waals surface area contributed by atoms with E-state index in [0.29, 0.717) is 5.69 Å². The van der Waals surface area contributed by atoms with Gasteiger partial charge >= 0.3 is 0 Å². The molecule has 0 aliphatic rings. The van der Waals surface area contributed by atoms with E-state index in [1.54, 1.807) is 23.6 Å². The molecule has 2 heterocycles. The number of rotatable bonds is 3. The van der Waals surface area contributed by atoms with Crippen molar-refractivity contribution in [3.05, 3.63) is 45.9 Å². The number of anilines is 1. The lowest BCUT2D eigenvalue weighted by Gasteiger charge is -2.17. The van der Waals surface area contributed by atoms with Gasteiger partial charge in [-0.2, -0.15) is 5.26 Å². The Balaban J connectivity index is 2.09. The van der Waals surface area contributed by atoms with Crippen molar-refractivity contribution >= 4 is 17.0 Å². The van der Waals surface area contributed by atoms with Crippen LogP contribution in [0.15, 0.2) is 30.5 Å². The Labute approximate surface area is 105 Å². The molecule has 0 bridgehead atoms. The predicted molar refractivity (Wildman–Crippen MR) is 70.1 cm³/mol. The van der Waals surface area contributed by atoms with E-state index in [0.717, 1.165) is 12.2 Å². The molecule has 2 aromatic rings. The van der Waals surface area contributed by atoms with Gasteiger partial charge in [0, 0.05) is 16.8 Å². The lowest BCUT2D eigenvalue weighted by atomic mass is 10.3. The maximum Gasteiger partial charge on any atom is 0.140 e. The van der Waals surface area contributed by atoms with E-state index >= 15 is 0 Å². The third kappa shape index (κ3) is 2.83. The average molecular weight is 243 g/mol. The molecular weight excluding hydrogens is 230 g/mol. The van der Waals surface area contributed by atoms with E-state index in [1.165, 1.54) is 9.75 Å². The second-order valence-electron chi connectivity index (χ2n) is 3.88. The van der Waals surface area contributed by atoms with Crippen LogP contribution >= 0.6 is 11.3 Å². The maximum absolute atomic E-state index is 8.68. The number of aromatic nitrogens is 1. The smallest absolute Gasteiger partial charge is 0.140 e. The molecule has 0 radical (unpaired) electrons. The summed E-state index contributed by atoms with van der Waals surface area (Å²) in [6.07, 6.45) is 1.74. The molecule has 17 heavy (non-hydrogen) atoms. The average Bonchev–Trinajstić information content (AvgIpc) is 2.75. The Kier molecular flexibility index (Phi) is 3.40. The third-order valence-corrected chi connectivity index (χ3v) is 3.48. The molecule has 2 rings (SSSR count). The van der Waals surface area contributed by atoms with Crippen molar-refractivity contribution in [2.45, 2.75) is 13.5 Å². The van der Waals surface area contributed by atoms with Crippen molar-refractivity contribution in [1.82, 2.24) is 4.98 Å². The highest BCUT2D eigenvalue weighted by Gasteiger charge is 2.04. The standard InChI is InChI=1S/C13H13N3S/c1-10-3-6-13(17-10)9-16(2)12-5-4-11(7-14)15-8-12/h3-6,8H,9H2,1-2H3. The minimum atomic E-state index is 0.453.